The van der Waals surface area contributed by atoms with Crippen LogP contribution in [0.15, 0.2) is 47.1 Å². The molecule has 4 rings (SSSR count). The predicted molar refractivity (Wildman–Crippen MR) is 126 cm³/mol. The van der Waals surface area contributed by atoms with Crippen LogP contribution in [0.1, 0.15) is 23.2 Å². The summed E-state index contributed by atoms with van der Waals surface area (Å²) in [6.07, 6.45) is 2.59. The van der Waals surface area contributed by atoms with E-state index >= 15 is 0 Å². The van der Waals surface area contributed by atoms with E-state index in [-0.39, 0.29) is 17.5 Å². The van der Waals surface area contributed by atoms with E-state index < -0.39 is 11.9 Å². The van der Waals surface area contributed by atoms with Crippen LogP contribution < -0.4 is 10.1 Å². The Kier molecular flexibility index (Phi) is 7.75. The summed E-state index contributed by atoms with van der Waals surface area (Å²) in [6.45, 7) is 2.75. The number of aliphatic hydroxyl groups is 1. The number of fused-ring (bicyclic) bond motifs is 1. The lowest BCUT2D eigenvalue weighted by molar-refractivity contribution is 0.0547. The number of carbonyl (C=O) groups is 1. The molecule has 9 heteroatoms. The van der Waals surface area contributed by atoms with Crippen LogP contribution in [0, 0.1) is 11.7 Å². The predicted octanol–water partition coefficient (Wildman–Crippen LogP) is 4.76. The molecule has 2 N–H and O–H groups in total. The van der Waals surface area contributed by atoms with Gasteiger partial charge in [0.2, 0.25) is 0 Å². The summed E-state index contributed by atoms with van der Waals surface area (Å²) in [5.74, 6) is -0.0392. The molecular formula is C24H25Cl2FN2O4. The number of likely N-dealkylation sites (tertiary alicyclic amines) is 1. The van der Waals surface area contributed by atoms with Gasteiger partial charge in [0.15, 0.2) is 0 Å². The standard InChI is InChI=1S/C24H25Cl2FN2O4/c25-16-1-4-23-19(9-16)20(14-33-23)24(31)28-11-15-5-7-29(8-6-15)12-17(30)13-32-18-2-3-21(26)22(27)10-18/h1-4,9-10,14-15,17,30H,5-8,11-13H2,(H,28,31). The number of halogens is 3. The van der Waals surface area contributed by atoms with E-state index in [0.29, 0.717) is 46.3 Å². The number of benzene rings is 2. The van der Waals surface area contributed by atoms with Crippen molar-refractivity contribution in [3.63, 3.8) is 0 Å². The maximum absolute atomic E-state index is 13.5. The third kappa shape index (κ3) is 6.18. The first-order valence-corrected chi connectivity index (χ1v) is 11.6. The topological polar surface area (TPSA) is 74.9 Å². The number of nitrogens with one attached hydrogen (secondary N) is 1. The molecule has 1 fully saturated rings. The van der Waals surface area contributed by atoms with Crippen LogP contribution in [0.5, 0.6) is 5.75 Å². The van der Waals surface area contributed by atoms with Crippen LogP contribution in [0.3, 0.4) is 0 Å². The molecular weight excluding hydrogens is 470 g/mol. The molecule has 6 nitrogen and oxygen atoms in total. The molecule has 1 amide bonds. The van der Waals surface area contributed by atoms with Gasteiger partial charge < -0.3 is 24.5 Å². The summed E-state index contributed by atoms with van der Waals surface area (Å²) in [4.78, 5) is 14.8. The SMILES string of the molecule is O=C(NCC1CCN(CC(O)COc2ccc(Cl)c(F)c2)CC1)c1coc2ccc(Cl)cc12. The number of β-amino-alcohol motifs (C(OH)–C–C–N with tert-alkyl or cyclic N) is 1. The third-order valence-corrected chi connectivity index (χ3v) is 6.38. The van der Waals surface area contributed by atoms with E-state index in [9.17, 15) is 14.3 Å². The molecule has 1 unspecified atom stereocenters. The van der Waals surface area contributed by atoms with Gasteiger partial charge in [-0.15, -0.1) is 0 Å². The van der Waals surface area contributed by atoms with Crippen molar-refractivity contribution in [1.82, 2.24) is 10.2 Å². The smallest absolute Gasteiger partial charge is 0.255 e. The first-order chi connectivity index (χ1) is 15.9. The van der Waals surface area contributed by atoms with Crippen molar-refractivity contribution in [3.05, 3.63) is 64.1 Å². The van der Waals surface area contributed by atoms with E-state index in [1.165, 1.54) is 18.4 Å². The lowest BCUT2D eigenvalue weighted by atomic mass is 9.96. The molecule has 0 saturated carbocycles. The molecule has 33 heavy (non-hydrogen) atoms. The Balaban J connectivity index is 1.18. The molecule has 1 aliphatic rings. The van der Waals surface area contributed by atoms with Crippen molar-refractivity contribution in [2.45, 2.75) is 18.9 Å². The van der Waals surface area contributed by atoms with Crippen LogP contribution in [0.25, 0.3) is 11.0 Å². The number of piperidine rings is 1. The van der Waals surface area contributed by atoms with Crippen LogP contribution >= 0.6 is 23.2 Å². The number of hydrogen-bond donors (Lipinski definition) is 2. The maximum atomic E-state index is 13.5. The van der Waals surface area contributed by atoms with Crippen molar-refractivity contribution in [2.24, 2.45) is 5.92 Å². The van der Waals surface area contributed by atoms with E-state index in [1.807, 2.05) is 0 Å². The molecule has 1 aromatic heterocycles. The van der Waals surface area contributed by atoms with Gasteiger partial charge in [-0.05, 0) is 62.2 Å². The van der Waals surface area contributed by atoms with E-state index in [0.717, 1.165) is 25.9 Å². The highest BCUT2D eigenvalue weighted by Gasteiger charge is 2.23. The van der Waals surface area contributed by atoms with Gasteiger partial charge in [-0.3, -0.25) is 4.79 Å². The van der Waals surface area contributed by atoms with Crippen LogP contribution in [-0.2, 0) is 0 Å². The largest absolute Gasteiger partial charge is 0.491 e. The minimum atomic E-state index is -0.693. The second-order valence-electron chi connectivity index (χ2n) is 8.28. The molecule has 0 bridgehead atoms. The zero-order valence-corrected chi connectivity index (χ0v) is 19.4. The van der Waals surface area contributed by atoms with E-state index in [1.54, 1.807) is 24.3 Å². The number of nitrogens with zero attached hydrogens (tertiary/aromatic N) is 1. The molecule has 3 aromatic rings. The molecule has 1 atom stereocenters. The van der Waals surface area contributed by atoms with E-state index in [2.05, 4.69) is 10.2 Å². The summed E-state index contributed by atoms with van der Waals surface area (Å²) in [7, 11) is 0. The lowest BCUT2D eigenvalue weighted by Crippen LogP contribution is -2.42. The minimum absolute atomic E-state index is 0.0319. The summed E-state index contributed by atoms with van der Waals surface area (Å²) < 4.78 is 24.4. The number of rotatable bonds is 8. The van der Waals surface area contributed by atoms with Gasteiger partial charge in [-0.25, -0.2) is 4.39 Å². The molecule has 0 radical (unpaired) electrons. The van der Waals surface area contributed by atoms with Crippen molar-refractivity contribution in [3.8, 4) is 5.75 Å². The first-order valence-electron chi connectivity index (χ1n) is 10.8. The van der Waals surface area contributed by atoms with Crippen molar-refractivity contribution < 1.29 is 23.4 Å². The number of carbonyl (C=O) groups excluding carboxylic acids is 1. The Bertz CT molecular complexity index is 1120. The van der Waals surface area contributed by atoms with Crippen molar-refractivity contribution in [1.29, 1.82) is 0 Å². The highest BCUT2D eigenvalue weighted by molar-refractivity contribution is 6.31. The highest BCUT2D eigenvalue weighted by atomic mass is 35.5. The number of furan rings is 1. The highest BCUT2D eigenvalue weighted by Crippen LogP contribution is 2.25. The zero-order valence-electron chi connectivity index (χ0n) is 17.9. The Morgan fingerprint density at radius 2 is 2.03 bits per heavy atom. The van der Waals surface area contributed by atoms with Gasteiger partial charge in [-0.1, -0.05) is 23.2 Å². The first kappa shape index (κ1) is 23.8. The normalized spacial score (nSPS) is 16.1. The molecule has 2 aromatic carbocycles. The summed E-state index contributed by atoms with van der Waals surface area (Å²) in [6, 6.07) is 9.40. The number of amides is 1. The Morgan fingerprint density at radius 1 is 1.24 bits per heavy atom. The average Bonchev–Trinajstić information content (AvgIpc) is 3.22. The number of ether oxygens (including phenoxy) is 1. The third-order valence-electron chi connectivity index (χ3n) is 5.84. The van der Waals surface area contributed by atoms with Gasteiger partial charge >= 0.3 is 0 Å². The summed E-state index contributed by atoms with van der Waals surface area (Å²) >= 11 is 11.7. The average molecular weight is 495 g/mol. The molecule has 1 aliphatic heterocycles. The Morgan fingerprint density at radius 3 is 2.79 bits per heavy atom. The Labute approximate surface area is 201 Å². The van der Waals surface area contributed by atoms with Gasteiger partial charge in [-0.2, -0.15) is 0 Å². The Hall–Kier alpha value is -2.32. The van der Waals surface area contributed by atoms with Gasteiger partial charge in [0.25, 0.3) is 5.91 Å². The molecule has 1 saturated heterocycles. The van der Waals surface area contributed by atoms with Crippen LogP contribution in [0.2, 0.25) is 10.0 Å². The second kappa shape index (κ2) is 10.7. The number of aliphatic hydroxyl groups excluding tert-OH is 1. The van der Waals surface area contributed by atoms with Gasteiger partial charge in [0.05, 0.1) is 10.6 Å². The number of hydrogen-bond acceptors (Lipinski definition) is 5. The van der Waals surface area contributed by atoms with Gasteiger partial charge in [0.1, 0.15) is 36.1 Å². The summed E-state index contributed by atoms with van der Waals surface area (Å²) in [5, 5.41) is 14.6. The van der Waals surface area contributed by atoms with Crippen molar-refractivity contribution >= 4 is 40.1 Å². The quantitative estimate of drug-likeness (QED) is 0.472. The van der Waals surface area contributed by atoms with Crippen LogP contribution in [0.4, 0.5) is 4.39 Å². The van der Waals surface area contributed by atoms with E-state index in [4.69, 9.17) is 32.4 Å². The molecule has 0 aliphatic carbocycles. The fourth-order valence-corrected chi connectivity index (χ4v) is 4.28. The minimum Gasteiger partial charge on any atom is -0.491 e. The fraction of sp³-hybridized carbons (Fsp3) is 0.375. The maximum Gasteiger partial charge on any atom is 0.255 e. The van der Waals surface area contributed by atoms with Gasteiger partial charge in [0, 0.05) is 29.6 Å². The van der Waals surface area contributed by atoms with Crippen LogP contribution in [-0.4, -0.2) is 54.8 Å². The zero-order chi connectivity index (χ0) is 23.4. The molecule has 2 heterocycles. The molecule has 0 spiro atoms. The monoisotopic (exact) mass is 494 g/mol. The summed E-state index contributed by atoms with van der Waals surface area (Å²) in [5.41, 5.74) is 1.11. The van der Waals surface area contributed by atoms with Crippen molar-refractivity contribution in [2.75, 3.05) is 32.8 Å². The molecule has 176 valence electrons. The second-order valence-corrected chi connectivity index (χ2v) is 9.13. The fourth-order valence-electron chi connectivity index (χ4n) is 3.99. The lowest BCUT2D eigenvalue weighted by Gasteiger charge is -2.33.